The summed E-state index contributed by atoms with van der Waals surface area (Å²) in [5, 5.41) is 6.03. The molecular formula is C26H27N5O4S. The van der Waals surface area contributed by atoms with E-state index in [0.717, 1.165) is 22.1 Å². The number of aliphatic imine (C=N–C) groups is 2. The fraction of sp³-hybridized carbons (Fsp3) is 0.192. The molecule has 0 saturated carbocycles. The van der Waals surface area contributed by atoms with E-state index >= 15 is 0 Å². The molecule has 9 nitrogen and oxygen atoms in total. The summed E-state index contributed by atoms with van der Waals surface area (Å²) < 4.78 is 32.9. The summed E-state index contributed by atoms with van der Waals surface area (Å²) in [5.74, 6) is -0.264. The molecule has 4 rings (SSSR count). The zero-order valence-corrected chi connectivity index (χ0v) is 21.3. The number of anilines is 2. The summed E-state index contributed by atoms with van der Waals surface area (Å²) in [7, 11) is -1.09. The highest BCUT2D eigenvalue weighted by molar-refractivity contribution is 7.90. The second-order valence-corrected chi connectivity index (χ2v) is 9.96. The van der Waals surface area contributed by atoms with Crippen LogP contribution in [0.4, 0.5) is 22.7 Å². The third kappa shape index (κ3) is 4.80. The number of fused-ring (bicyclic) bond motifs is 1. The average molecular weight is 506 g/mol. The van der Waals surface area contributed by atoms with Crippen LogP contribution in [0.5, 0.6) is 5.75 Å². The maximum Gasteiger partial charge on any atom is 0.278 e. The molecule has 0 atom stereocenters. The Kier molecular flexibility index (Phi) is 7.07. The summed E-state index contributed by atoms with van der Waals surface area (Å²) in [4.78, 5) is 22.8. The van der Waals surface area contributed by atoms with Gasteiger partial charge >= 0.3 is 0 Å². The van der Waals surface area contributed by atoms with Gasteiger partial charge in [-0.2, -0.15) is 0 Å². The predicted octanol–water partition coefficient (Wildman–Crippen LogP) is 4.51. The van der Waals surface area contributed by atoms with Crippen molar-refractivity contribution < 1.29 is 17.9 Å². The zero-order chi connectivity index (χ0) is 25.9. The van der Waals surface area contributed by atoms with Crippen LogP contribution in [0.3, 0.4) is 0 Å². The van der Waals surface area contributed by atoms with E-state index in [0.29, 0.717) is 17.1 Å². The van der Waals surface area contributed by atoms with Gasteiger partial charge in [0, 0.05) is 19.3 Å². The molecule has 186 valence electrons. The predicted molar refractivity (Wildman–Crippen MR) is 143 cm³/mol. The molecular weight excluding hydrogens is 478 g/mol. The van der Waals surface area contributed by atoms with E-state index in [1.165, 1.54) is 20.2 Å². The van der Waals surface area contributed by atoms with Gasteiger partial charge in [-0.1, -0.05) is 24.3 Å². The number of aryl methyl sites for hydroxylation is 1. The molecule has 0 spiro atoms. The standard InChI is InChI=1S/C26H27N5O4S/c1-5-27-18-14-15-19(17(2)16-18)28-24(26(32)30-20-10-6-8-12-22(20)35-4)25-29-21-11-7-9-13-23(21)36(33,34)31(25)3/h6-16,27H,5H2,1-4H3,(H,30,32). The number of nitrogens with zero attached hydrogens (tertiary/aromatic N) is 3. The molecule has 10 heteroatoms. The number of amides is 1. The van der Waals surface area contributed by atoms with Crippen LogP contribution in [-0.4, -0.2) is 50.9 Å². The smallest absolute Gasteiger partial charge is 0.278 e. The summed E-state index contributed by atoms with van der Waals surface area (Å²) >= 11 is 0. The van der Waals surface area contributed by atoms with Gasteiger partial charge in [-0.3, -0.25) is 9.10 Å². The third-order valence-electron chi connectivity index (χ3n) is 5.62. The van der Waals surface area contributed by atoms with E-state index in [-0.39, 0.29) is 22.1 Å². The number of hydrogen-bond acceptors (Lipinski definition) is 7. The van der Waals surface area contributed by atoms with E-state index < -0.39 is 15.9 Å². The van der Waals surface area contributed by atoms with Crippen molar-refractivity contribution in [2.45, 2.75) is 18.7 Å². The number of methoxy groups -OCH3 is 1. The number of carbonyl (C=O) groups is 1. The highest BCUT2D eigenvalue weighted by Crippen LogP contribution is 2.33. The van der Waals surface area contributed by atoms with Crippen molar-refractivity contribution in [3.8, 4) is 5.75 Å². The lowest BCUT2D eigenvalue weighted by molar-refractivity contribution is -0.110. The third-order valence-corrected chi connectivity index (χ3v) is 7.42. The van der Waals surface area contributed by atoms with Gasteiger partial charge in [0.05, 0.1) is 24.2 Å². The van der Waals surface area contributed by atoms with Gasteiger partial charge < -0.3 is 15.4 Å². The van der Waals surface area contributed by atoms with Crippen LogP contribution in [0.2, 0.25) is 0 Å². The number of amidine groups is 1. The van der Waals surface area contributed by atoms with E-state index in [2.05, 4.69) is 20.6 Å². The minimum absolute atomic E-state index is 0.0620. The molecule has 3 aromatic carbocycles. The zero-order valence-electron chi connectivity index (χ0n) is 20.4. The number of para-hydroxylation sites is 3. The summed E-state index contributed by atoms with van der Waals surface area (Å²) in [6, 6.07) is 18.9. The number of hydrogen-bond donors (Lipinski definition) is 2. The Hall–Kier alpha value is -4.18. The maximum atomic E-state index is 13.6. The number of rotatable bonds is 7. The lowest BCUT2D eigenvalue weighted by Gasteiger charge is -2.27. The first-order chi connectivity index (χ1) is 17.3. The molecule has 0 unspecified atom stereocenters. The SMILES string of the molecule is CCNc1ccc(N=C(C(=O)Nc2ccccc2OC)C2=Nc3ccccc3S(=O)(=O)N2C)c(C)c1. The van der Waals surface area contributed by atoms with Gasteiger partial charge in [-0.05, 0) is 61.9 Å². The van der Waals surface area contributed by atoms with Gasteiger partial charge in [0.25, 0.3) is 15.9 Å². The topological polar surface area (TPSA) is 112 Å². The van der Waals surface area contributed by atoms with Crippen molar-refractivity contribution in [1.29, 1.82) is 0 Å². The van der Waals surface area contributed by atoms with Crippen molar-refractivity contribution in [1.82, 2.24) is 4.31 Å². The van der Waals surface area contributed by atoms with Gasteiger partial charge in [0.15, 0.2) is 11.5 Å². The molecule has 0 aliphatic carbocycles. The fourth-order valence-electron chi connectivity index (χ4n) is 3.76. The van der Waals surface area contributed by atoms with Crippen LogP contribution in [0.15, 0.2) is 81.6 Å². The largest absolute Gasteiger partial charge is 0.495 e. The van der Waals surface area contributed by atoms with Crippen molar-refractivity contribution in [3.63, 3.8) is 0 Å². The number of nitrogens with one attached hydrogen (secondary N) is 2. The number of carbonyl (C=O) groups excluding carboxylic acids is 1. The van der Waals surface area contributed by atoms with Crippen molar-refractivity contribution in [3.05, 3.63) is 72.3 Å². The van der Waals surface area contributed by atoms with E-state index in [9.17, 15) is 13.2 Å². The Morgan fingerprint density at radius 2 is 1.81 bits per heavy atom. The van der Waals surface area contributed by atoms with Crippen LogP contribution in [-0.2, 0) is 14.8 Å². The summed E-state index contributed by atoms with van der Waals surface area (Å²) in [6.07, 6.45) is 0. The first kappa shape index (κ1) is 24.9. The van der Waals surface area contributed by atoms with Crippen LogP contribution < -0.4 is 15.4 Å². The molecule has 36 heavy (non-hydrogen) atoms. The van der Waals surface area contributed by atoms with Gasteiger partial charge in [-0.15, -0.1) is 0 Å². The summed E-state index contributed by atoms with van der Waals surface area (Å²) in [6.45, 7) is 4.62. The Labute approximate surface area is 210 Å². The molecule has 3 aromatic rings. The number of ether oxygens (including phenoxy) is 1. The van der Waals surface area contributed by atoms with Gasteiger partial charge in [0.2, 0.25) is 0 Å². The highest BCUT2D eigenvalue weighted by Gasteiger charge is 2.36. The van der Waals surface area contributed by atoms with Gasteiger partial charge in [-0.25, -0.2) is 18.4 Å². The van der Waals surface area contributed by atoms with Crippen molar-refractivity contribution >= 4 is 50.2 Å². The monoisotopic (exact) mass is 505 g/mol. The quantitative estimate of drug-likeness (QED) is 0.459. The number of sulfonamides is 1. The normalized spacial score (nSPS) is 14.5. The molecule has 0 aromatic heterocycles. The Balaban J connectivity index is 1.87. The molecule has 1 aliphatic heterocycles. The Bertz CT molecular complexity index is 1480. The summed E-state index contributed by atoms with van der Waals surface area (Å²) in [5.41, 5.74) is 2.73. The van der Waals surface area contributed by atoms with Crippen molar-refractivity contribution in [2.24, 2.45) is 9.98 Å². The Morgan fingerprint density at radius 3 is 2.53 bits per heavy atom. The van der Waals surface area contributed by atoms with E-state index in [4.69, 9.17) is 4.74 Å². The van der Waals surface area contributed by atoms with Crippen LogP contribution in [0.1, 0.15) is 12.5 Å². The minimum Gasteiger partial charge on any atom is -0.495 e. The lowest BCUT2D eigenvalue weighted by Crippen LogP contribution is -2.44. The fourth-order valence-corrected chi connectivity index (χ4v) is 5.04. The van der Waals surface area contributed by atoms with Crippen LogP contribution in [0, 0.1) is 6.92 Å². The Morgan fingerprint density at radius 1 is 1.08 bits per heavy atom. The molecule has 2 N–H and O–H groups in total. The molecule has 0 bridgehead atoms. The number of benzene rings is 3. The van der Waals surface area contributed by atoms with E-state index in [1.807, 2.05) is 26.0 Å². The van der Waals surface area contributed by atoms with Crippen LogP contribution >= 0.6 is 0 Å². The van der Waals surface area contributed by atoms with Gasteiger partial charge in [0.1, 0.15) is 10.6 Å². The second kappa shape index (κ2) is 10.2. The second-order valence-electron chi connectivity index (χ2n) is 8.02. The van der Waals surface area contributed by atoms with E-state index in [1.54, 1.807) is 48.5 Å². The molecule has 1 amide bonds. The molecule has 0 radical (unpaired) electrons. The first-order valence-corrected chi connectivity index (χ1v) is 12.7. The molecule has 1 heterocycles. The van der Waals surface area contributed by atoms with Crippen LogP contribution in [0.25, 0.3) is 0 Å². The average Bonchev–Trinajstić information content (AvgIpc) is 2.86. The minimum atomic E-state index is -3.94. The highest BCUT2D eigenvalue weighted by atomic mass is 32.2. The molecule has 0 fully saturated rings. The molecule has 0 saturated heterocycles. The first-order valence-electron chi connectivity index (χ1n) is 11.3. The maximum absolute atomic E-state index is 13.6. The lowest BCUT2D eigenvalue weighted by atomic mass is 10.1. The van der Waals surface area contributed by atoms with Crippen molar-refractivity contribution in [2.75, 3.05) is 31.3 Å². The molecule has 1 aliphatic rings.